The summed E-state index contributed by atoms with van der Waals surface area (Å²) in [4.78, 5) is 8.74. The Morgan fingerprint density at radius 2 is 2.08 bits per heavy atom. The number of fused-ring (bicyclic) bond motifs is 1. The summed E-state index contributed by atoms with van der Waals surface area (Å²) >= 11 is 1.68. The van der Waals surface area contributed by atoms with Crippen LogP contribution in [-0.4, -0.2) is 38.2 Å². The Kier molecular flexibility index (Phi) is 4.44. The third-order valence-corrected chi connectivity index (χ3v) is 5.22. The van der Waals surface area contributed by atoms with Crippen LogP contribution in [0.1, 0.15) is 19.3 Å². The van der Waals surface area contributed by atoms with Crippen LogP contribution in [0.3, 0.4) is 0 Å². The third-order valence-electron chi connectivity index (χ3n) is 4.08. The molecule has 0 radical (unpaired) electrons. The average Bonchev–Trinajstić information content (AvgIpc) is 3.06. The molecule has 0 spiro atoms. The molecule has 7 heteroatoms. The highest BCUT2D eigenvalue weighted by atomic mass is 32.2. The van der Waals surface area contributed by atoms with Crippen LogP contribution < -0.4 is 0 Å². The molecule has 24 heavy (non-hydrogen) atoms. The third kappa shape index (κ3) is 3.14. The van der Waals surface area contributed by atoms with Gasteiger partial charge in [-0.1, -0.05) is 0 Å². The highest BCUT2D eigenvalue weighted by Crippen LogP contribution is 2.28. The van der Waals surface area contributed by atoms with Crippen LogP contribution in [0, 0.1) is 5.82 Å². The lowest BCUT2D eigenvalue weighted by Crippen LogP contribution is -2.21. The molecule has 3 aromatic rings. The van der Waals surface area contributed by atoms with Gasteiger partial charge in [-0.15, -0.1) is 11.8 Å². The Labute approximate surface area is 143 Å². The average molecular weight is 344 g/mol. The maximum absolute atomic E-state index is 13.1. The molecule has 1 aromatic carbocycles. The number of nitrogens with zero attached hydrogens (tertiary/aromatic N) is 4. The van der Waals surface area contributed by atoms with E-state index in [9.17, 15) is 4.39 Å². The maximum atomic E-state index is 13.1. The number of thioether (sulfide) groups is 1. The molecule has 0 aliphatic carbocycles. The molecule has 0 N–H and O–H groups in total. The van der Waals surface area contributed by atoms with E-state index in [4.69, 9.17) is 4.74 Å². The van der Waals surface area contributed by atoms with Crippen LogP contribution in [0.5, 0.6) is 0 Å². The molecule has 1 saturated heterocycles. The zero-order valence-corrected chi connectivity index (χ0v) is 13.9. The van der Waals surface area contributed by atoms with Crippen molar-refractivity contribution in [1.29, 1.82) is 0 Å². The first-order valence-electron chi connectivity index (χ1n) is 8.00. The lowest BCUT2D eigenvalue weighted by atomic mass is 10.1. The van der Waals surface area contributed by atoms with E-state index in [-0.39, 0.29) is 5.82 Å². The number of hydrogen-bond donors (Lipinski definition) is 0. The summed E-state index contributed by atoms with van der Waals surface area (Å²) < 4.78 is 20.6. The summed E-state index contributed by atoms with van der Waals surface area (Å²) in [7, 11) is 0. The summed E-state index contributed by atoms with van der Waals surface area (Å²) in [6, 6.07) is 6.21. The second-order valence-corrected chi connectivity index (χ2v) is 6.76. The number of ether oxygens (including phenoxy) is 1. The fourth-order valence-electron chi connectivity index (χ4n) is 2.82. The smallest absolute Gasteiger partial charge is 0.167 e. The molecule has 3 heterocycles. The van der Waals surface area contributed by atoms with Gasteiger partial charge in [0.1, 0.15) is 17.2 Å². The van der Waals surface area contributed by atoms with Gasteiger partial charge in [0.05, 0.1) is 23.4 Å². The number of rotatable bonds is 4. The van der Waals surface area contributed by atoms with E-state index in [0.29, 0.717) is 6.10 Å². The molecule has 0 bridgehead atoms. The van der Waals surface area contributed by atoms with E-state index in [1.54, 1.807) is 41.1 Å². The first kappa shape index (κ1) is 15.5. The minimum atomic E-state index is -0.270. The minimum Gasteiger partial charge on any atom is -0.377 e. The Bertz CT molecular complexity index is 830. The van der Waals surface area contributed by atoms with E-state index in [0.717, 1.165) is 46.9 Å². The first-order valence-corrected chi connectivity index (χ1v) is 8.99. The van der Waals surface area contributed by atoms with Crippen LogP contribution in [0.2, 0.25) is 0 Å². The van der Waals surface area contributed by atoms with Crippen molar-refractivity contribution in [2.24, 2.45) is 0 Å². The van der Waals surface area contributed by atoms with Crippen LogP contribution in [0.15, 0.2) is 41.8 Å². The first-order chi connectivity index (χ1) is 11.8. The predicted octanol–water partition coefficient (Wildman–Crippen LogP) is 3.62. The molecule has 2 aromatic heterocycles. The normalized spacial score (nSPS) is 18.1. The lowest BCUT2D eigenvalue weighted by Gasteiger charge is -2.21. The summed E-state index contributed by atoms with van der Waals surface area (Å²) in [5.41, 5.74) is 1.50. The van der Waals surface area contributed by atoms with Gasteiger partial charge < -0.3 is 4.74 Å². The molecule has 0 saturated carbocycles. The SMILES string of the molecule is Fc1ccc(-n2ncc3c(SCC4CCCCO4)ncnc32)cc1. The number of halogens is 1. The Balaban J connectivity index is 1.60. The van der Waals surface area contributed by atoms with Gasteiger partial charge in [-0.3, -0.25) is 0 Å². The molecule has 1 atom stereocenters. The van der Waals surface area contributed by atoms with E-state index in [1.807, 2.05) is 0 Å². The molecule has 1 fully saturated rings. The fraction of sp³-hybridized carbons (Fsp3) is 0.353. The molecule has 0 amide bonds. The van der Waals surface area contributed by atoms with Crippen molar-refractivity contribution in [2.75, 3.05) is 12.4 Å². The van der Waals surface area contributed by atoms with Gasteiger partial charge in [-0.05, 0) is 43.5 Å². The van der Waals surface area contributed by atoms with Crippen LogP contribution in [0.25, 0.3) is 16.7 Å². The van der Waals surface area contributed by atoms with Gasteiger partial charge in [0.2, 0.25) is 0 Å². The Morgan fingerprint density at radius 3 is 2.88 bits per heavy atom. The van der Waals surface area contributed by atoms with Crippen LogP contribution in [-0.2, 0) is 4.74 Å². The zero-order valence-electron chi connectivity index (χ0n) is 13.1. The van der Waals surface area contributed by atoms with E-state index >= 15 is 0 Å². The highest BCUT2D eigenvalue weighted by molar-refractivity contribution is 7.99. The van der Waals surface area contributed by atoms with Crippen molar-refractivity contribution in [3.8, 4) is 5.69 Å². The summed E-state index contributed by atoms with van der Waals surface area (Å²) in [6.45, 7) is 0.854. The second kappa shape index (κ2) is 6.86. The standard InChI is InChI=1S/C17H17FN4OS/c18-12-4-6-13(7-5-12)22-16-15(9-21-22)17(20-11-19-16)24-10-14-3-1-2-8-23-14/h4-7,9,11,14H,1-3,8,10H2. The quantitative estimate of drug-likeness (QED) is 0.534. The van der Waals surface area contributed by atoms with Gasteiger partial charge in [0, 0.05) is 12.4 Å². The number of aromatic nitrogens is 4. The monoisotopic (exact) mass is 344 g/mol. The fourth-order valence-corrected chi connectivity index (χ4v) is 3.85. The number of benzene rings is 1. The highest BCUT2D eigenvalue weighted by Gasteiger charge is 2.17. The van der Waals surface area contributed by atoms with Crippen molar-refractivity contribution in [3.63, 3.8) is 0 Å². The molecular formula is C17H17FN4OS. The van der Waals surface area contributed by atoms with Gasteiger partial charge in [-0.25, -0.2) is 19.0 Å². The van der Waals surface area contributed by atoms with Crippen molar-refractivity contribution in [3.05, 3.63) is 42.6 Å². The topological polar surface area (TPSA) is 52.8 Å². The Hall–Kier alpha value is -1.99. The summed E-state index contributed by atoms with van der Waals surface area (Å²) in [5, 5.41) is 6.21. The van der Waals surface area contributed by atoms with E-state index < -0.39 is 0 Å². The lowest BCUT2D eigenvalue weighted by molar-refractivity contribution is 0.0315. The molecule has 1 unspecified atom stereocenters. The van der Waals surface area contributed by atoms with Gasteiger partial charge in [-0.2, -0.15) is 5.10 Å². The minimum absolute atomic E-state index is 0.270. The van der Waals surface area contributed by atoms with Crippen molar-refractivity contribution in [1.82, 2.24) is 19.7 Å². The summed E-state index contributed by atoms with van der Waals surface area (Å²) in [5.74, 6) is 0.613. The van der Waals surface area contributed by atoms with Crippen LogP contribution >= 0.6 is 11.8 Å². The Morgan fingerprint density at radius 1 is 1.21 bits per heavy atom. The molecule has 1 aliphatic rings. The molecular weight excluding hydrogens is 327 g/mol. The largest absolute Gasteiger partial charge is 0.377 e. The van der Waals surface area contributed by atoms with Crippen LogP contribution in [0.4, 0.5) is 4.39 Å². The van der Waals surface area contributed by atoms with Gasteiger partial charge >= 0.3 is 0 Å². The predicted molar refractivity (Wildman–Crippen MR) is 90.9 cm³/mol. The summed E-state index contributed by atoms with van der Waals surface area (Å²) in [6.07, 6.45) is 7.10. The van der Waals surface area contributed by atoms with Crippen molar-refractivity contribution in [2.45, 2.75) is 30.4 Å². The van der Waals surface area contributed by atoms with E-state index in [1.165, 1.54) is 18.6 Å². The molecule has 5 nitrogen and oxygen atoms in total. The second-order valence-electron chi connectivity index (χ2n) is 5.75. The van der Waals surface area contributed by atoms with Crippen molar-refractivity contribution >= 4 is 22.8 Å². The maximum Gasteiger partial charge on any atom is 0.167 e. The molecule has 1 aliphatic heterocycles. The number of hydrogen-bond acceptors (Lipinski definition) is 5. The zero-order chi connectivity index (χ0) is 16.4. The molecule has 124 valence electrons. The van der Waals surface area contributed by atoms with E-state index in [2.05, 4.69) is 15.1 Å². The van der Waals surface area contributed by atoms with Gasteiger partial charge in [0.25, 0.3) is 0 Å². The van der Waals surface area contributed by atoms with Gasteiger partial charge in [0.15, 0.2) is 5.65 Å². The molecule has 4 rings (SSSR count). The van der Waals surface area contributed by atoms with Crippen molar-refractivity contribution < 1.29 is 9.13 Å².